The normalized spacial score (nSPS) is 12.2. The largest absolute Gasteiger partial charge is 0.478 e. The predicted octanol–water partition coefficient (Wildman–Crippen LogP) is 1.75. The maximum absolute atomic E-state index is 11.1. The number of carboxylic acids is 1. The fourth-order valence-corrected chi connectivity index (χ4v) is 1.62. The maximum Gasteiger partial charge on any atom is 0.336 e. The Labute approximate surface area is 97.5 Å². The fourth-order valence-electron chi connectivity index (χ4n) is 1.44. The van der Waals surface area contributed by atoms with Gasteiger partial charge in [0.25, 0.3) is 0 Å². The van der Waals surface area contributed by atoms with E-state index < -0.39 is 18.0 Å². The molecule has 0 spiro atoms. The van der Waals surface area contributed by atoms with E-state index in [-0.39, 0.29) is 22.5 Å². The molecule has 1 unspecified atom stereocenters. The topological polar surface area (TPSA) is 74.6 Å². The lowest BCUT2D eigenvalue weighted by Crippen LogP contribution is -2.12. The van der Waals surface area contributed by atoms with Crippen molar-refractivity contribution in [3.05, 3.63) is 34.9 Å². The lowest BCUT2D eigenvalue weighted by molar-refractivity contribution is -0.116. The van der Waals surface area contributed by atoms with Gasteiger partial charge in [-0.3, -0.25) is 4.79 Å². The molecule has 0 amide bonds. The number of carboxylic acid groups (broad SMARTS) is 1. The van der Waals surface area contributed by atoms with E-state index in [1.807, 2.05) is 0 Å². The summed E-state index contributed by atoms with van der Waals surface area (Å²) in [6.07, 6.45) is 0. The van der Waals surface area contributed by atoms with E-state index in [4.69, 9.17) is 21.8 Å². The lowest BCUT2D eigenvalue weighted by Gasteiger charge is -2.12. The number of hydrogen-bond acceptors (Lipinski definition) is 3. The minimum atomic E-state index is -1.20. The number of alkyl halides is 1. The SMILES string of the molecule is CC(=O)C(Cl)c1cccc(CO)c1C(=O)O. The zero-order valence-corrected chi connectivity index (χ0v) is 9.36. The van der Waals surface area contributed by atoms with Gasteiger partial charge in [0.1, 0.15) is 5.38 Å². The number of hydrogen-bond donors (Lipinski definition) is 2. The molecule has 1 aromatic carbocycles. The molecule has 0 aliphatic carbocycles. The molecule has 0 bridgehead atoms. The highest BCUT2D eigenvalue weighted by Crippen LogP contribution is 2.27. The van der Waals surface area contributed by atoms with E-state index in [0.717, 1.165) is 0 Å². The summed E-state index contributed by atoms with van der Waals surface area (Å²) in [4.78, 5) is 22.2. The van der Waals surface area contributed by atoms with Crippen molar-refractivity contribution in [2.24, 2.45) is 0 Å². The molecule has 1 atom stereocenters. The fraction of sp³-hybridized carbons (Fsp3) is 0.273. The van der Waals surface area contributed by atoms with Crippen molar-refractivity contribution in [1.29, 1.82) is 0 Å². The number of aliphatic hydroxyl groups excluding tert-OH is 1. The molecular formula is C11H11ClO4. The molecule has 1 rings (SSSR count). The third kappa shape index (κ3) is 2.40. The number of rotatable bonds is 4. The van der Waals surface area contributed by atoms with E-state index in [2.05, 4.69) is 0 Å². The van der Waals surface area contributed by atoms with Crippen LogP contribution in [0.3, 0.4) is 0 Å². The molecule has 0 aliphatic heterocycles. The minimum Gasteiger partial charge on any atom is -0.478 e. The smallest absolute Gasteiger partial charge is 0.336 e. The Kier molecular flexibility index (Phi) is 4.04. The molecule has 5 heteroatoms. The Hall–Kier alpha value is -1.39. The van der Waals surface area contributed by atoms with E-state index >= 15 is 0 Å². The van der Waals surface area contributed by atoms with Gasteiger partial charge in [0.15, 0.2) is 5.78 Å². The van der Waals surface area contributed by atoms with Crippen LogP contribution in [0.1, 0.15) is 33.8 Å². The number of ketones is 1. The van der Waals surface area contributed by atoms with Gasteiger partial charge in [-0.2, -0.15) is 0 Å². The monoisotopic (exact) mass is 242 g/mol. The quantitative estimate of drug-likeness (QED) is 0.789. The second kappa shape index (κ2) is 5.09. The summed E-state index contributed by atoms with van der Waals surface area (Å²) < 4.78 is 0. The van der Waals surface area contributed by atoms with Crippen molar-refractivity contribution >= 4 is 23.4 Å². The van der Waals surface area contributed by atoms with Gasteiger partial charge >= 0.3 is 5.97 Å². The molecule has 2 N–H and O–H groups in total. The first-order valence-corrected chi connectivity index (χ1v) is 5.03. The second-order valence-corrected chi connectivity index (χ2v) is 3.75. The predicted molar refractivity (Wildman–Crippen MR) is 58.6 cm³/mol. The number of carbonyl (C=O) groups is 2. The van der Waals surface area contributed by atoms with Crippen LogP contribution in [0.25, 0.3) is 0 Å². The van der Waals surface area contributed by atoms with Gasteiger partial charge in [-0.15, -0.1) is 11.6 Å². The van der Waals surface area contributed by atoms with Crippen LogP contribution < -0.4 is 0 Å². The second-order valence-electron chi connectivity index (χ2n) is 3.32. The number of aromatic carboxylic acids is 1. The molecule has 1 aromatic rings. The van der Waals surface area contributed by atoms with Crippen LogP contribution in [0.15, 0.2) is 18.2 Å². The zero-order chi connectivity index (χ0) is 12.3. The molecule has 0 aliphatic rings. The number of halogens is 1. The highest BCUT2D eigenvalue weighted by atomic mass is 35.5. The molecule has 4 nitrogen and oxygen atoms in total. The van der Waals surface area contributed by atoms with Crippen molar-refractivity contribution < 1.29 is 19.8 Å². The highest BCUT2D eigenvalue weighted by Gasteiger charge is 2.22. The molecule has 16 heavy (non-hydrogen) atoms. The average molecular weight is 243 g/mol. The van der Waals surface area contributed by atoms with Crippen LogP contribution in [0.4, 0.5) is 0 Å². The van der Waals surface area contributed by atoms with E-state index in [1.165, 1.54) is 19.1 Å². The van der Waals surface area contributed by atoms with Crippen LogP contribution in [-0.2, 0) is 11.4 Å². The third-order valence-corrected chi connectivity index (χ3v) is 2.74. The van der Waals surface area contributed by atoms with Gasteiger partial charge in [-0.25, -0.2) is 4.79 Å². The Morgan fingerprint density at radius 3 is 2.50 bits per heavy atom. The summed E-state index contributed by atoms with van der Waals surface area (Å²) in [7, 11) is 0. The Morgan fingerprint density at radius 1 is 1.44 bits per heavy atom. The minimum absolute atomic E-state index is 0.0970. The maximum atomic E-state index is 11.1. The number of aliphatic hydroxyl groups is 1. The molecular weight excluding hydrogens is 232 g/mol. The Morgan fingerprint density at radius 2 is 2.06 bits per heavy atom. The Bertz CT molecular complexity index is 428. The molecule has 86 valence electrons. The summed E-state index contributed by atoms with van der Waals surface area (Å²) in [5.41, 5.74) is 0.366. The van der Waals surface area contributed by atoms with E-state index in [1.54, 1.807) is 6.07 Å². The summed E-state index contributed by atoms with van der Waals surface area (Å²) in [5, 5.41) is 17.0. The first kappa shape index (κ1) is 12.7. The number of carbonyl (C=O) groups excluding carboxylic acids is 1. The van der Waals surface area contributed by atoms with Gasteiger partial charge in [-0.1, -0.05) is 18.2 Å². The first-order valence-electron chi connectivity index (χ1n) is 4.59. The lowest BCUT2D eigenvalue weighted by atomic mass is 9.97. The van der Waals surface area contributed by atoms with Crippen LogP contribution >= 0.6 is 11.6 Å². The van der Waals surface area contributed by atoms with Crippen molar-refractivity contribution in [2.45, 2.75) is 18.9 Å². The highest BCUT2D eigenvalue weighted by molar-refractivity contribution is 6.31. The van der Waals surface area contributed by atoms with Gasteiger partial charge < -0.3 is 10.2 Å². The number of benzene rings is 1. The third-order valence-electron chi connectivity index (χ3n) is 2.20. The van der Waals surface area contributed by atoms with Crippen molar-refractivity contribution in [3.8, 4) is 0 Å². The average Bonchev–Trinajstić information content (AvgIpc) is 2.26. The van der Waals surface area contributed by atoms with Gasteiger partial charge in [0, 0.05) is 0 Å². The molecule has 0 saturated heterocycles. The van der Waals surface area contributed by atoms with Crippen LogP contribution in [0.2, 0.25) is 0 Å². The summed E-state index contributed by atoms with van der Waals surface area (Å²) in [6.45, 7) is 0.881. The standard InChI is InChI=1S/C11H11ClO4/c1-6(14)10(12)8-4-2-3-7(5-13)9(8)11(15)16/h2-4,10,13H,5H2,1H3,(H,15,16). The van der Waals surface area contributed by atoms with Crippen molar-refractivity contribution in [1.82, 2.24) is 0 Å². The van der Waals surface area contributed by atoms with Gasteiger partial charge in [0.2, 0.25) is 0 Å². The van der Waals surface area contributed by atoms with Crippen LogP contribution in [-0.4, -0.2) is 22.0 Å². The molecule has 0 heterocycles. The molecule has 0 aromatic heterocycles. The van der Waals surface area contributed by atoms with Crippen LogP contribution in [0, 0.1) is 0 Å². The summed E-state index contributed by atoms with van der Waals surface area (Å²) in [6, 6.07) is 4.52. The summed E-state index contributed by atoms with van der Waals surface area (Å²) >= 11 is 5.82. The summed E-state index contributed by atoms with van der Waals surface area (Å²) in [5.74, 6) is -1.54. The van der Waals surface area contributed by atoms with E-state index in [9.17, 15) is 9.59 Å². The molecule has 0 radical (unpaired) electrons. The zero-order valence-electron chi connectivity index (χ0n) is 8.61. The van der Waals surface area contributed by atoms with Crippen LogP contribution in [0.5, 0.6) is 0 Å². The Balaban J connectivity index is 3.38. The van der Waals surface area contributed by atoms with Gasteiger partial charge in [0.05, 0.1) is 12.2 Å². The number of Topliss-reactive ketones (excluding diaryl/α,β-unsaturated/α-hetero) is 1. The first-order chi connectivity index (χ1) is 7.49. The molecule has 0 fully saturated rings. The van der Waals surface area contributed by atoms with Crippen molar-refractivity contribution in [3.63, 3.8) is 0 Å². The molecule has 0 saturated carbocycles. The van der Waals surface area contributed by atoms with Gasteiger partial charge in [-0.05, 0) is 18.1 Å². The van der Waals surface area contributed by atoms with E-state index in [0.29, 0.717) is 0 Å². The van der Waals surface area contributed by atoms with Crippen molar-refractivity contribution in [2.75, 3.05) is 0 Å².